The number of hydrogen-bond acceptors (Lipinski definition) is 3. The molecule has 0 bridgehead atoms. The van der Waals surface area contributed by atoms with E-state index < -0.39 is 11.5 Å². The first-order chi connectivity index (χ1) is 15.7. The summed E-state index contributed by atoms with van der Waals surface area (Å²) in [5.74, 6) is 0.415. The lowest BCUT2D eigenvalue weighted by molar-refractivity contribution is -0.128. The van der Waals surface area contributed by atoms with Gasteiger partial charge in [0.2, 0.25) is 5.91 Å². The van der Waals surface area contributed by atoms with Gasteiger partial charge in [0.15, 0.2) is 6.10 Å². The van der Waals surface area contributed by atoms with Crippen molar-refractivity contribution in [3.63, 3.8) is 0 Å². The van der Waals surface area contributed by atoms with Crippen molar-refractivity contribution in [3.05, 3.63) is 96.1 Å². The Kier molecular flexibility index (Phi) is 5.39. The predicted molar refractivity (Wildman–Crippen MR) is 124 cm³/mol. The van der Waals surface area contributed by atoms with Gasteiger partial charge in [-0.2, -0.15) is 0 Å². The Morgan fingerprint density at radius 3 is 2.28 bits per heavy atom. The van der Waals surface area contributed by atoms with Gasteiger partial charge in [-0.05, 0) is 42.5 Å². The summed E-state index contributed by atoms with van der Waals surface area (Å²) < 4.78 is 6.01. The molecule has 3 aromatic carbocycles. The topological polar surface area (TPSA) is 58.6 Å². The largest absolute Gasteiger partial charge is 0.477 e. The number of nitrogens with zero attached hydrogens (tertiary/aromatic N) is 1. The minimum atomic E-state index is -0.740. The molecule has 1 aliphatic heterocycles. The van der Waals surface area contributed by atoms with Crippen LogP contribution in [0.1, 0.15) is 24.0 Å². The summed E-state index contributed by atoms with van der Waals surface area (Å²) in [5, 5.41) is 2.98. The van der Waals surface area contributed by atoms with Crippen LogP contribution < -0.4 is 15.0 Å². The molecule has 1 atom stereocenters. The van der Waals surface area contributed by atoms with Gasteiger partial charge in [0, 0.05) is 6.54 Å². The normalized spacial score (nSPS) is 18.2. The van der Waals surface area contributed by atoms with Crippen LogP contribution >= 0.6 is 0 Å². The molecule has 1 heterocycles. The number of benzene rings is 3. The highest BCUT2D eigenvalue weighted by atomic mass is 16.5. The van der Waals surface area contributed by atoms with Crippen LogP contribution in [0.4, 0.5) is 5.69 Å². The van der Waals surface area contributed by atoms with Crippen molar-refractivity contribution in [1.82, 2.24) is 5.32 Å². The van der Waals surface area contributed by atoms with Crippen LogP contribution in [0.5, 0.6) is 5.75 Å². The lowest BCUT2D eigenvalue weighted by atomic mass is 9.93. The predicted octanol–water partition coefficient (Wildman–Crippen LogP) is 3.87. The summed E-state index contributed by atoms with van der Waals surface area (Å²) in [7, 11) is 0. The molecular formula is C27H26N2O3. The lowest BCUT2D eigenvalue weighted by Gasteiger charge is -2.36. The number of ether oxygens (including phenoxy) is 1. The molecule has 1 fully saturated rings. The van der Waals surface area contributed by atoms with Crippen LogP contribution in [-0.4, -0.2) is 31.0 Å². The van der Waals surface area contributed by atoms with E-state index in [0.29, 0.717) is 12.3 Å². The number of carbonyl (C=O) groups is 2. The highest BCUT2D eigenvalue weighted by Crippen LogP contribution is 2.51. The average molecular weight is 427 g/mol. The van der Waals surface area contributed by atoms with Crippen LogP contribution in [0.15, 0.2) is 84.9 Å². The Hall–Kier alpha value is -3.60. The molecule has 1 N–H and O–H groups in total. The van der Waals surface area contributed by atoms with Gasteiger partial charge in [-0.3, -0.25) is 9.59 Å². The molecule has 1 saturated carbocycles. The monoisotopic (exact) mass is 426 g/mol. The molecule has 2 amide bonds. The molecule has 0 radical (unpaired) electrons. The minimum Gasteiger partial charge on any atom is -0.477 e. The molecule has 0 saturated heterocycles. The molecule has 5 rings (SSSR count). The van der Waals surface area contributed by atoms with Crippen molar-refractivity contribution in [3.8, 4) is 5.75 Å². The van der Waals surface area contributed by atoms with Crippen molar-refractivity contribution >= 4 is 17.5 Å². The number of hydrogen-bond donors (Lipinski definition) is 1. The van der Waals surface area contributed by atoms with Crippen LogP contribution in [0.3, 0.4) is 0 Å². The summed E-state index contributed by atoms with van der Waals surface area (Å²) in [6.07, 6.45) is 1.65. The van der Waals surface area contributed by atoms with E-state index in [0.717, 1.165) is 36.1 Å². The van der Waals surface area contributed by atoms with Gasteiger partial charge in [0.1, 0.15) is 5.75 Å². The van der Waals surface area contributed by atoms with Crippen molar-refractivity contribution in [2.45, 2.75) is 30.8 Å². The second-order valence-electron chi connectivity index (χ2n) is 8.46. The third-order valence-electron chi connectivity index (χ3n) is 6.35. The molecule has 0 aromatic heterocycles. The second kappa shape index (κ2) is 8.50. The van der Waals surface area contributed by atoms with Gasteiger partial charge in [0.05, 0.1) is 17.6 Å². The van der Waals surface area contributed by atoms with Gasteiger partial charge in [0.25, 0.3) is 5.91 Å². The van der Waals surface area contributed by atoms with Crippen molar-refractivity contribution in [2.24, 2.45) is 0 Å². The third kappa shape index (κ3) is 3.86. The molecule has 5 nitrogen and oxygen atoms in total. The van der Waals surface area contributed by atoms with Crippen molar-refractivity contribution < 1.29 is 14.3 Å². The van der Waals surface area contributed by atoms with E-state index in [-0.39, 0.29) is 18.4 Å². The number of carbonyl (C=O) groups excluding carboxylic acids is 2. The zero-order valence-electron chi connectivity index (χ0n) is 17.9. The zero-order chi connectivity index (χ0) is 22.0. The average Bonchev–Trinajstić information content (AvgIpc) is 3.66. The maximum atomic E-state index is 13.8. The third-order valence-corrected chi connectivity index (χ3v) is 6.35. The number of para-hydroxylation sites is 2. The molecule has 0 spiro atoms. The Bertz CT molecular complexity index is 1110. The van der Waals surface area contributed by atoms with Crippen LogP contribution in [0, 0.1) is 0 Å². The fourth-order valence-electron chi connectivity index (χ4n) is 4.42. The zero-order valence-corrected chi connectivity index (χ0v) is 17.9. The number of anilines is 1. The van der Waals surface area contributed by atoms with Crippen LogP contribution in [0.2, 0.25) is 0 Å². The van der Waals surface area contributed by atoms with E-state index in [9.17, 15) is 9.59 Å². The summed E-state index contributed by atoms with van der Waals surface area (Å²) >= 11 is 0. The van der Waals surface area contributed by atoms with Crippen LogP contribution in [0.25, 0.3) is 0 Å². The molecule has 5 heteroatoms. The van der Waals surface area contributed by atoms with Gasteiger partial charge in [-0.15, -0.1) is 0 Å². The minimum absolute atomic E-state index is 0.0431. The van der Waals surface area contributed by atoms with Gasteiger partial charge < -0.3 is 15.0 Å². The maximum Gasteiger partial charge on any atom is 0.262 e. The van der Waals surface area contributed by atoms with E-state index >= 15 is 0 Å². The van der Waals surface area contributed by atoms with Crippen molar-refractivity contribution in [2.75, 3.05) is 18.0 Å². The quantitative estimate of drug-likeness (QED) is 0.651. The fourth-order valence-corrected chi connectivity index (χ4v) is 4.42. The molecule has 3 aromatic rings. The highest BCUT2D eigenvalue weighted by molar-refractivity contribution is 6.05. The molecule has 32 heavy (non-hydrogen) atoms. The summed E-state index contributed by atoms with van der Waals surface area (Å²) in [4.78, 5) is 28.4. The first kappa shape index (κ1) is 20.3. The molecule has 0 unspecified atom stereocenters. The van der Waals surface area contributed by atoms with Crippen LogP contribution in [-0.2, 0) is 21.4 Å². The number of nitrogens with one attached hydrogen (secondary N) is 1. The maximum absolute atomic E-state index is 13.8. The number of fused-ring (bicyclic) bond motifs is 1. The first-order valence-electron chi connectivity index (χ1n) is 11.1. The SMILES string of the molecule is O=C(NCCc1ccccc1)[C@H]1CN(C(=O)C2(c3ccccc3)CC2)c2ccccc2O1. The molecule has 162 valence electrons. The van der Waals surface area contributed by atoms with Crippen molar-refractivity contribution in [1.29, 1.82) is 0 Å². The smallest absolute Gasteiger partial charge is 0.262 e. The Morgan fingerprint density at radius 1 is 0.906 bits per heavy atom. The van der Waals surface area contributed by atoms with E-state index in [1.54, 1.807) is 4.90 Å². The lowest BCUT2D eigenvalue weighted by Crippen LogP contribution is -2.53. The van der Waals surface area contributed by atoms with Gasteiger partial charge in [-0.25, -0.2) is 0 Å². The van der Waals surface area contributed by atoms with Gasteiger partial charge in [-0.1, -0.05) is 72.8 Å². The summed E-state index contributed by atoms with van der Waals surface area (Å²) in [5.41, 5.74) is 2.43. The van der Waals surface area contributed by atoms with E-state index in [4.69, 9.17) is 4.74 Å². The summed E-state index contributed by atoms with van der Waals surface area (Å²) in [6, 6.07) is 27.4. The molecule has 2 aliphatic rings. The first-order valence-corrected chi connectivity index (χ1v) is 11.1. The second-order valence-corrected chi connectivity index (χ2v) is 8.46. The number of rotatable bonds is 6. The molecular weight excluding hydrogens is 400 g/mol. The van der Waals surface area contributed by atoms with E-state index in [1.165, 1.54) is 0 Å². The summed E-state index contributed by atoms with van der Waals surface area (Å²) in [6.45, 7) is 0.730. The fraction of sp³-hybridized carbons (Fsp3) is 0.259. The standard InChI is InChI=1S/C27H26N2O3/c30-25(28-18-15-20-9-3-1-4-10-20)24-19-29(22-13-7-8-14-23(22)32-24)26(31)27(16-17-27)21-11-5-2-6-12-21/h1-14,24H,15-19H2,(H,28,30)/t24-/m1/s1. The molecule has 1 aliphatic carbocycles. The van der Waals surface area contributed by atoms with E-state index in [2.05, 4.69) is 5.32 Å². The Morgan fingerprint density at radius 2 is 1.56 bits per heavy atom. The Labute approximate surface area is 188 Å². The van der Waals surface area contributed by atoms with E-state index in [1.807, 2.05) is 84.9 Å². The number of amides is 2. The highest BCUT2D eigenvalue weighted by Gasteiger charge is 2.54. The Balaban J connectivity index is 1.33. The van der Waals surface area contributed by atoms with Gasteiger partial charge >= 0.3 is 0 Å².